The first-order chi connectivity index (χ1) is 19.8. The summed E-state index contributed by atoms with van der Waals surface area (Å²) in [6, 6.07) is 7.09. The maximum absolute atomic E-state index is 12.7. The standard InChI is InChI=1S/C27H30O15/c1-9-20(32)22(34)24(36)26(39-9)38-8-18-21(33)23(35)25(37)27(42-18)40-11-5-14(30)19-15(31)7-16(41-17(19)6-11)10-2-3-12(28)13(29)4-10/h2-7,9,18,20-30,32-37H,8H2,1H3/t9-,18+,20+,21-,22-,23+,24-,25-,26+,27-/m1/s1. The lowest BCUT2D eigenvalue weighted by molar-refractivity contribution is -0.318. The highest BCUT2D eigenvalue weighted by Gasteiger charge is 2.47. The zero-order chi connectivity index (χ0) is 30.5. The van der Waals surface area contributed by atoms with Gasteiger partial charge >= 0.3 is 0 Å². The number of aliphatic hydroxyl groups excluding tert-OH is 6. The molecule has 10 atom stereocenters. The maximum atomic E-state index is 12.7. The van der Waals surface area contributed by atoms with Crippen molar-refractivity contribution in [2.45, 2.75) is 68.3 Å². The molecule has 228 valence electrons. The highest BCUT2D eigenvalue weighted by atomic mass is 16.7. The molecule has 2 saturated heterocycles. The molecule has 3 aromatic rings. The molecule has 2 fully saturated rings. The number of phenolic OH excluding ortho intramolecular Hbond substituents is 3. The molecule has 2 aliphatic rings. The average Bonchev–Trinajstić information content (AvgIpc) is 2.95. The topological polar surface area (TPSA) is 249 Å². The molecule has 42 heavy (non-hydrogen) atoms. The zero-order valence-corrected chi connectivity index (χ0v) is 21.9. The molecule has 0 aliphatic carbocycles. The molecule has 2 aromatic carbocycles. The summed E-state index contributed by atoms with van der Waals surface area (Å²) < 4.78 is 27.8. The number of aromatic hydroxyl groups is 3. The summed E-state index contributed by atoms with van der Waals surface area (Å²) in [6.07, 6.45) is -15.1. The normalized spacial score (nSPS) is 33.5. The van der Waals surface area contributed by atoms with Gasteiger partial charge in [-0.15, -0.1) is 0 Å². The van der Waals surface area contributed by atoms with E-state index >= 15 is 0 Å². The molecule has 5 rings (SSSR count). The van der Waals surface area contributed by atoms with Crippen molar-refractivity contribution in [2.24, 2.45) is 0 Å². The fraction of sp³-hybridized carbons (Fsp3) is 0.444. The van der Waals surface area contributed by atoms with E-state index in [1.54, 1.807) is 0 Å². The summed E-state index contributed by atoms with van der Waals surface area (Å²) >= 11 is 0. The van der Waals surface area contributed by atoms with Crippen LogP contribution in [0.2, 0.25) is 0 Å². The van der Waals surface area contributed by atoms with Crippen molar-refractivity contribution in [3.63, 3.8) is 0 Å². The van der Waals surface area contributed by atoms with Gasteiger partial charge in [0.25, 0.3) is 0 Å². The Labute approximate surface area is 236 Å². The van der Waals surface area contributed by atoms with E-state index in [1.165, 1.54) is 31.2 Å². The van der Waals surface area contributed by atoms with Gasteiger partial charge in [-0.2, -0.15) is 0 Å². The molecule has 0 bridgehead atoms. The zero-order valence-electron chi connectivity index (χ0n) is 21.9. The van der Waals surface area contributed by atoms with Crippen LogP contribution in [0.1, 0.15) is 6.92 Å². The van der Waals surface area contributed by atoms with Gasteiger partial charge in [0.1, 0.15) is 71.0 Å². The number of rotatable bonds is 6. The Balaban J connectivity index is 1.36. The van der Waals surface area contributed by atoms with Gasteiger partial charge in [0.15, 0.2) is 23.2 Å². The lowest BCUT2D eigenvalue weighted by atomic mass is 9.98. The Bertz CT molecular complexity index is 1490. The highest BCUT2D eigenvalue weighted by molar-refractivity contribution is 5.86. The van der Waals surface area contributed by atoms with Crippen LogP contribution in [-0.4, -0.2) is 114 Å². The van der Waals surface area contributed by atoms with E-state index in [0.29, 0.717) is 0 Å². The quantitative estimate of drug-likeness (QED) is 0.149. The van der Waals surface area contributed by atoms with E-state index in [2.05, 4.69) is 0 Å². The van der Waals surface area contributed by atoms with E-state index < -0.39 is 84.9 Å². The number of benzene rings is 2. The molecule has 0 radical (unpaired) electrons. The second kappa shape index (κ2) is 11.6. The average molecular weight is 595 g/mol. The van der Waals surface area contributed by atoms with Crippen LogP contribution in [0, 0.1) is 0 Å². The van der Waals surface area contributed by atoms with Crippen LogP contribution in [0.15, 0.2) is 45.6 Å². The van der Waals surface area contributed by atoms with Crippen molar-refractivity contribution in [2.75, 3.05) is 6.61 Å². The molecule has 0 amide bonds. The van der Waals surface area contributed by atoms with Gasteiger partial charge in [0.2, 0.25) is 6.29 Å². The number of fused-ring (bicyclic) bond motifs is 1. The third kappa shape index (κ3) is 5.61. The van der Waals surface area contributed by atoms with Gasteiger partial charge in [0, 0.05) is 23.8 Å². The first kappa shape index (κ1) is 30.0. The lowest BCUT2D eigenvalue weighted by Gasteiger charge is -2.42. The minimum Gasteiger partial charge on any atom is -0.507 e. The molecule has 15 nitrogen and oxygen atoms in total. The first-order valence-electron chi connectivity index (χ1n) is 12.9. The van der Waals surface area contributed by atoms with Crippen molar-refractivity contribution in [1.29, 1.82) is 0 Å². The number of phenols is 3. The fourth-order valence-corrected chi connectivity index (χ4v) is 4.76. The summed E-state index contributed by atoms with van der Waals surface area (Å²) in [5.74, 6) is -1.56. The van der Waals surface area contributed by atoms with Crippen LogP contribution in [-0.2, 0) is 14.2 Å². The summed E-state index contributed by atoms with van der Waals surface area (Å²) in [5.41, 5.74) is -0.541. The number of hydrogen-bond donors (Lipinski definition) is 9. The third-order valence-electron chi connectivity index (χ3n) is 7.20. The smallest absolute Gasteiger partial charge is 0.229 e. The van der Waals surface area contributed by atoms with Crippen molar-refractivity contribution in [3.8, 4) is 34.3 Å². The van der Waals surface area contributed by atoms with Gasteiger partial charge in [-0.3, -0.25) is 4.79 Å². The van der Waals surface area contributed by atoms with Crippen LogP contribution < -0.4 is 10.2 Å². The van der Waals surface area contributed by atoms with E-state index in [0.717, 1.165) is 12.1 Å². The Morgan fingerprint density at radius 3 is 2.14 bits per heavy atom. The minimum absolute atomic E-state index is 0.0110. The van der Waals surface area contributed by atoms with Crippen molar-refractivity contribution in [1.82, 2.24) is 0 Å². The number of ether oxygens (including phenoxy) is 4. The minimum atomic E-state index is -1.79. The molecule has 15 heteroatoms. The molecular weight excluding hydrogens is 564 g/mol. The molecule has 0 saturated carbocycles. The van der Waals surface area contributed by atoms with E-state index in [9.17, 15) is 50.8 Å². The van der Waals surface area contributed by atoms with Crippen LogP contribution in [0.25, 0.3) is 22.3 Å². The van der Waals surface area contributed by atoms with E-state index in [4.69, 9.17) is 23.4 Å². The predicted octanol–water partition coefficient (Wildman–Crippen LogP) is -1.39. The second-order valence-corrected chi connectivity index (χ2v) is 10.1. The Morgan fingerprint density at radius 2 is 1.43 bits per heavy atom. The van der Waals surface area contributed by atoms with Crippen LogP contribution in [0.4, 0.5) is 0 Å². The van der Waals surface area contributed by atoms with Gasteiger partial charge in [-0.25, -0.2) is 0 Å². The van der Waals surface area contributed by atoms with Gasteiger partial charge < -0.3 is 69.3 Å². The predicted molar refractivity (Wildman–Crippen MR) is 139 cm³/mol. The summed E-state index contributed by atoms with van der Waals surface area (Å²) in [7, 11) is 0. The summed E-state index contributed by atoms with van der Waals surface area (Å²) in [4.78, 5) is 12.7. The SMILES string of the molecule is C[C@H]1O[C@H](OC[C@@H]2O[C@@H](Oc3cc(O)c4c(=O)cc(-c5ccc(O)c(O)c5)oc4c3)[C@H](O)[C@@H](O)[C@@H]2O)[C@H](O)[C@H](O)[C@H]1O. The van der Waals surface area contributed by atoms with Crippen LogP contribution in [0.3, 0.4) is 0 Å². The Morgan fingerprint density at radius 1 is 0.738 bits per heavy atom. The van der Waals surface area contributed by atoms with Gasteiger partial charge in [-0.05, 0) is 25.1 Å². The fourth-order valence-electron chi connectivity index (χ4n) is 4.76. The van der Waals surface area contributed by atoms with Crippen LogP contribution >= 0.6 is 0 Å². The van der Waals surface area contributed by atoms with Crippen molar-refractivity contribution in [3.05, 3.63) is 46.6 Å². The van der Waals surface area contributed by atoms with Crippen LogP contribution in [0.5, 0.6) is 23.0 Å². The molecule has 0 unspecified atom stereocenters. The second-order valence-electron chi connectivity index (χ2n) is 10.1. The Kier molecular flexibility index (Phi) is 8.30. The maximum Gasteiger partial charge on any atom is 0.229 e. The highest BCUT2D eigenvalue weighted by Crippen LogP contribution is 2.35. The molecule has 0 spiro atoms. The molecule has 2 aliphatic heterocycles. The Hall–Kier alpha value is -3.51. The van der Waals surface area contributed by atoms with Gasteiger partial charge in [-0.1, -0.05) is 0 Å². The van der Waals surface area contributed by atoms with E-state index in [1.807, 2.05) is 0 Å². The first-order valence-corrected chi connectivity index (χ1v) is 12.9. The van der Waals surface area contributed by atoms with Gasteiger partial charge in [0.05, 0.1) is 12.7 Å². The van der Waals surface area contributed by atoms with E-state index in [-0.39, 0.29) is 33.8 Å². The summed E-state index contributed by atoms with van der Waals surface area (Å²) in [6.45, 7) is 0.938. The van der Waals surface area contributed by atoms with Crippen molar-refractivity contribution < 1.29 is 69.3 Å². The number of hydrogen-bond acceptors (Lipinski definition) is 15. The monoisotopic (exact) mass is 594 g/mol. The lowest BCUT2D eigenvalue weighted by Crippen LogP contribution is -2.61. The number of aliphatic hydroxyl groups is 6. The van der Waals surface area contributed by atoms with Crippen molar-refractivity contribution >= 4 is 11.0 Å². The molecule has 1 aromatic heterocycles. The molecule has 3 heterocycles. The summed E-state index contributed by atoms with van der Waals surface area (Å²) in [5, 5.41) is 91.0. The largest absolute Gasteiger partial charge is 0.507 e. The third-order valence-corrected chi connectivity index (χ3v) is 7.20. The molecule has 9 N–H and O–H groups in total. The molecular formula is C27H30O15.